The zero-order valence-electron chi connectivity index (χ0n) is 15.7. The number of aromatic nitrogens is 2. The van der Waals surface area contributed by atoms with Gasteiger partial charge in [-0.25, -0.2) is 17.5 Å². The lowest BCUT2D eigenvalue weighted by Gasteiger charge is -2.37. The first-order valence-corrected chi connectivity index (χ1v) is 11.2. The molecule has 4 rings (SSSR count). The minimum Gasteiger partial charge on any atom is -0.336 e. The summed E-state index contributed by atoms with van der Waals surface area (Å²) < 4.78 is 38.2. The number of carbonyl (C=O) groups excluding carboxylic acids is 1. The van der Waals surface area contributed by atoms with Gasteiger partial charge in [-0.05, 0) is 37.6 Å². The van der Waals surface area contributed by atoms with E-state index in [0.29, 0.717) is 49.5 Å². The Bertz CT molecular complexity index is 979. The summed E-state index contributed by atoms with van der Waals surface area (Å²) in [5.74, 6) is 0.0886. The average molecular weight is 406 g/mol. The number of sulfone groups is 1. The zero-order chi connectivity index (χ0) is 19.9. The first-order valence-electron chi connectivity index (χ1n) is 9.38. The molecule has 1 atom stereocenters. The minimum atomic E-state index is -2.91. The van der Waals surface area contributed by atoms with Crippen molar-refractivity contribution in [1.29, 1.82) is 0 Å². The molecule has 1 aromatic carbocycles. The Morgan fingerprint density at radius 1 is 1.14 bits per heavy atom. The number of rotatable bonds is 3. The van der Waals surface area contributed by atoms with Crippen LogP contribution < -0.4 is 0 Å². The molecule has 28 heavy (non-hydrogen) atoms. The molecule has 2 aliphatic rings. The standard InChI is InChI=1S/C19H23FN4O3S/c1-14-18(12-21-24(14)16-4-2-15(20)3-5-16)19(25)23-9-7-22(8-10-23)17-6-11-28(26,27)13-17/h2-5,12,17H,6-11,13H2,1H3/t17-/m1/s1. The molecule has 2 aromatic rings. The van der Waals surface area contributed by atoms with Crippen LogP contribution in [0, 0.1) is 12.7 Å². The quantitative estimate of drug-likeness (QED) is 0.767. The Morgan fingerprint density at radius 2 is 1.82 bits per heavy atom. The van der Waals surface area contributed by atoms with E-state index in [1.54, 1.807) is 27.9 Å². The zero-order valence-corrected chi connectivity index (χ0v) is 16.5. The Balaban J connectivity index is 1.43. The molecule has 2 saturated heterocycles. The summed E-state index contributed by atoms with van der Waals surface area (Å²) in [5.41, 5.74) is 1.94. The highest BCUT2D eigenvalue weighted by Crippen LogP contribution is 2.21. The summed E-state index contributed by atoms with van der Waals surface area (Å²) in [6, 6.07) is 6.04. The number of nitrogens with zero attached hydrogens (tertiary/aromatic N) is 4. The van der Waals surface area contributed by atoms with Gasteiger partial charge in [-0.2, -0.15) is 5.10 Å². The third-order valence-corrected chi connectivity index (χ3v) is 7.39. The van der Waals surface area contributed by atoms with E-state index < -0.39 is 9.84 Å². The molecule has 0 saturated carbocycles. The van der Waals surface area contributed by atoms with Crippen LogP contribution in [0.2, 0.25) is 0 Å². The summed E-state index contributed by atoms with van der Waals surface area (Å²) in [5, 5.41) is 4.30. The van der Waals surface area contributed by atoms with Crippen LogP contribution in [-0.2, 0) is 9.84 Å². The fraction of sp³-hybridized carbons (Fsp3) is 0.474. The van der Waals surface area contributed by atoms with Gasteiger partial charge in [0.15, 0.2) is 9.84 Å². The second kappa shape index (κ2) is 7.29. The topological polar surface area (TPSA) is 75.5 Å². The van der Waals surface area contributed by atoms with Crippen molar-refractivity contribution in [2.45, 2.75) is 19.4 Å². The first kappa shape index (κ1) is 19.1. The van der Waals surface area contributed by atoms with Crippen LogP contribution in [0.15, 0.2) is 30.5 Å². The van der Waals surface area contributed by atoms with Gasteiger partial charge in [-0.3, -0.25) is 9.69 Å². The predicted octanol–water partition coefficient (Wildman–Crippen LogP) is 1.26. The summed E-state index contributed by atoms with van der Waals surface area (Å²) in [7, 11) is -2.91. The van der Waals surface area contributed by atoms with Crippen molar-refractivity contribution in [2.75, 3.05) is 37.7 Å². The van der Waals surface area contributed by atoms with Gasteiger partial charge >= 0.3 is 0 Å². The molecule has 0 aliphatic carbocycles. The largest absolute Gasteiger partial charge is 0.336 e. The van der Waals surface area contributed by atoms with Crippen LogP contribution in [0.1, 0.15) is 22.5 Å². The molecular weight excluding hydrogens is 383 g/mol. The maximum atomic E-state index is 13.1. The van der Waals surface area contributed by atoms with Crippen LogP contribution in [-0.4, -0.2) is 77.6 Å². The van der Waals surface area contributed by atoms with Gasteiger partial charge in [0.05, 0.1) is 34.6 Å². The number of hydrogen-bond acceptors (Lipinski definition) is 5. The van der Waals surface area contributed by atoms with Gasteiger partial charge < -0.3 is 4.90 Å². The highest BCUT2D eigenvalue weighted by atomic mass is 32.2. The average Bonchev–Trinajstić information content (AvgIpc) is 3.24. The molecule has 0 spiro atoms. The molecule has 0 bridgehead atoms. The van der Waals surface area contributed by atoms with Crippen LogP contribution in [0.4, 0.5) is 4.39 Å². The van der Waals surface area contributed by atoms with Crippen LogP contribution >= 0.6 is 0 Å². The Labute approximate surface area is 163 Å². The second-order valence-corrected chi connectivity index (χ2v) is 9.65. The van der Waals surface area contributed by atoms with Crippen LogP contribution in [0.5, 0.6) is 0 Å². The van der Waals surface area contributed by atoms with E-state index in [1.807, 2.05) is 6.92 Å². The molecule has 1 aromatic heterocycles. The fourth-order valence-electron chi connectivity index (χ4n) is 3.99. The van der Waals surface area contributed by atoms with Crippen LogP contribution in [0.25, 0.3) is 5.69 Å². The number of hydrogen-bond donors (Lipinski definition) is 0. The Morgan fingerprint density at radius 3 is 2.43 bits per heavy atom. The fourth-order valence-corrected chi connectivity index (χ4v) is 5.75. The highest BCUT2D eigenvalue weighted by molar-refractivity contribution is 7.91. The van der Waals surface area contributed by atoms with Gasteiger partial charge in [0, 0.05) is 32.2 Å². The molecule has 2 fully saturated rings. The molecule has 7 nitrogen and oxygen atoms in total. The SMILES string of the molecule is Cc1c(C(=O)N2CCN([C@@H]3CCS(=O)(=O)C3)CC2)cnn1-c1ccc(F)cc1. The van der Waals surface area contributed by atoms with Crippen molar-refractivity contribution in [3.63, 3.8) is 0 Å². The summed E-state index contributed by atoms with van der Waals surface area (Å²) >= 11 is 0. The third-order valence-electron chi connectivity index (χ3n) is 5.64. The number of benzene rings is 1. The molecular formula is C19H23FN4O3S. The van der Waals surface area contributed by atoms with E-state index >= 15 is 0 Å². The van der Waals surface area contributed by atoms with E-state index in [-0.39, 0.29) is 29.3 Å². The maximum Gasteiger partial charge on any atom is 0.257 e. The summed E-state index contributed by atoms with van der Waals surface area (Å²) in [6.07, 6.45) is 2.23. The molecule has 150 valence electrons. The smallest absolute Gasteiger partial charge is 0.257 e. The van der Waals surface area contributed by atoms with Gasteiger partial charge in [0.1, 0.15) is 5.82 Å². The number of piperazine rings is 1. The summed E-state index contributed by atoms with van der Waals surface area (Å²) in [4.78, 5) is 16.9. The van der Waals surface area contributed by atoms with E-state index in [0.717, 1.165) is 0 Å². The normalized spacial score (nSPS) is 22.5. The van der Waals surface area contributed by atoms with Crippen molar-refractivity contribution >= 4 is 15.7 Å². The summed E-state index contributed by atoms with van der Waals surface area (Å²) in [6.45, 7) is 4.31. The van der Waals surface area contributed by atoms with E-state index in [2.05, 4.69) is 10.00 Å². The second-order valence-electron chi connectivity index (χ2n) is 7.42. The Hall–Kier alpha value is -2.26. The number of halogens is 1. The first-order chi connectivity index (χ1) is 13.3. The maximum absolute atomic E-state index is 13.1. The molecule has 0 N–H and O–H groups in total. The van der Waals surface area contributed by atoms with Crippen molar-refractivity contribution in [3.8, 4) is 5.69 Å². The minimum absolute atomic E-state index is 0.0743. The molecule has 0 radical (unpaired) electrons. The predicted molar refractivity (Wildman–Crippen MR) is 103 cm³/mol. The number of amides is 1. The molecule has 9 heteroatoms. The van der Waals surface area contributed by atoms with Crippen molar-refractivity contribution in [3.05, 3.63) is 47.5 Å². The lowest BCUT2D eigenvalue weighted by molar-refractivity contribution is 0.0587. The van der Waals surface area contributed by atoms with Crippen molar-refractivity contribution < 1.29 is 17.6 Å². The van der Waals surface area contributed by atoms with Crippen molar-refractivity contribution in [1.82, 2.24) is 19.6 Å². The number of carbonyl (C=O) groups is 1. The van der Waals surface area contributed by atoms with Gasteiger partial charge in [-0.15, -0.1) is 0 Å². The molecule has 3 heterocycles. The monoisotopic (exact) mass is 406 g/mol. The highest BCUT2D eigenvalue weighted by Gasteiger charge is 2.34. The molecule has 1 amide bonds. The van der Waals surface area contributed by atoms with E-state index in [1.165, 1.54) is 12.1 Å². The van der Waals surface area contributed by atoms with Crippen molar-refractivity contribution in [2.24, 2.45) is 0 Å². The van der Waals surface area contributed by atoms with Gasteiger partial charge in [0.25, 0.3) is 5.91 Å². The Kier molecular flexibility index (Phi) is 4.96. The lowest BCUT2D eigenvalue weighted by Crippen LogP contribution is -2.52. The molecule has 2 aliphatic heterocycles. The molecule has 0 unspecified atom stereocenters. The van der Waals surface area contributed by atoms with Crippen LogP contribution in [0.3, 0.4) is 0 Å². The lowest BCUT2D eigenvalue weighted by atomic mass is 10.1. The van der Waals surface area contributed by atoms with E-state index in [9.17, 15) is 17.6 Å². The van der Waals surface area contributed by atoms with E-state index in [4.69, 9.17) is 0 Å². The van der Waals surface area contributed by atoms with Gasteiger partial charge in [-0.1, -0.05) is 0 Å². The van der Waals surface area contributed by atoms with Gasteiger partial charge in [0.2, 0.25) is 0 Å². The third kappa shape index (κ3) is 3.68.